The van der Waals surface area contributed by atoms with E-state index in [-0.39, 0.29) is 0 Å². The summed E-state index contributed by atoms with van der Waals surface area (Å²) in [5, 5.41) is 12.4. The van der Waals surface area contributed by atoms with Gasteiger partial charge < -0.3 is 9.88 Å². The van der Waals surface area contributed by atoms with Crippen LogP contribution in [0.15, 0.2) is 36.8 Å². The van der Waals surface area contributed by atoms with Crippen molar-refractivity contribution in [3.05, 3.63) is 53.6 Å². The molecule has 4 heteroatoms. The standard InChI is InChI=1S/C16H18N4/c17-8-13-3-1-4-14(7-13)11-20-12-19-10-16(20)15-5-2-6-18-9-15/h1,3-4,7,10,12,15,18H,2,5-6,9,11H2. The summed E-state index contributed by atoms with van der Waals surface area (Å²) in [6, 6.07) is 9.97. The summed E-state index contributed by atoms with van der Waals surface area (Å²) in [6.45, 7) is 2.93. The number of piperidine rings is 1. The number of hydrogen-bond donors (Lipinski definition) is 1. The van der Waals surface area contributed by atoms with E-state index in [1.807, 2.05) is 30.7 Å². The molecule has 3 rings (SSSR count). The highest BCUT2D eigenvalue weighted by Crippen LogP contribution is 2.23. The number of nitrogens with zero attached hydrogens (tertiary/aromatic N) is 3. The first-order chi connectivity index (χ1) is 9.86. The van der Waals surface area contributed by atoms with Crippen molar-refractivity contribution < 1.29 is 0 Å². The van der Waals surface area contributed by atoms with Crippen LogP contribution in [0.25, 0.3) is 0 Å². The fraction of sp³-hybridized carbons (Fsp3) is 0.375. The number of nitrogens with one attached hydrogen (secondary N) is 1. The third-order valence-electron chi connectivity index (χ3n) is 3.87. The van der Waals surface area contributed by atoms with E-state index in [0.717, 1.165) is 25.2 Å². The Morgan fingerprint density at radius 2 is 2.40 bits per heavy atom. The molecule has 1 aliphatic heterocycles. The molecule has 2 aromatic rings. The molecule has 4 nitrogen and oxygen atoms in total. The monoisotopic (exact) mass is 266 g/mol. The molecule has 20 heavy (non-hydrogen) atoms. The minimum Gasteiger partial charge on any atom is -0.330 e. The first kappa shape index (κ1) is 12.9. The van der Waals surface area contributed by atoms with Gasteiger partial charge in [-0.2, -0.15) is 5.26 Å². The molecular formula is C16H18N4. The van der Waals surface area contributed by atoms with Gasteiger partial charge in [-0.25, -0.2) is 4.98 Å². The summed E-state index contributed by atoms with van der Waals surface area (Å²) in [5.74, 6) is 0.547. The van der Waals surface area contributed by atoms with Gasteiger partial charge in [0.25, 0.3) is 0 Å². The highest BCUT2D eigenvalue weighted by Gasteiger charge is 2.18. The second-order valence-electron chi connectivity index (χ2n) is 5.30. The Kier molecular flexibility index (Phi) is 3.80. The lowest BCUT2D eigenvalue weighted by Crippen LogP contribution is -2.29. The molecule has 1 fully saturated rings. The van der Waals surface area contributed by atoms with Crippen molar-refractivity contribution in [2.45, 2.75) is 25.3 Å². The van der Waals surface area contributed by atoms with Gasteiger partial charge in [-0.15, -0.1) is 0 Å². The van der Waals surface area contributed by atoms with Gasteiger partial charge in [-0.3, -0.25) is 0 Å². The molecule has 0 spiro atoms. The van der Waals surface area contributed by atoms with Gasteiger partial charge in [0, 0.05) is 30.9 Å². The first-order valence-electron chi connectivity index (χ1n) is 7.06. The normalized spacial score (nSPS) is 18.6. The molecule has 1 atom stereocenters. The lowest BCUT2D eigenvalue weighted by molar-refractivity contribution is 0.444. The molecule has 1 aromatic carbocycles. The quantitative estimate of drug-likeness (QED) is 0.927. The maximum atomic E-state index is 8.97. The lowest BCUT2D eigenvalue weighted by Gasteiger charge is -2.23. The minimum absolute atomic E-state index is 0.547. The molecule has 2 heterocycles. The molecular weight excluding hydrogens is 248 g/mol. The van der Waals surface area contributed by atoms with Gasteiger partial charge >= 0.3 is 0 Å². The molecule has 0 saturated carbocycles. The molecule has 1 saturated heterocycles. The summed E-state index contributed by atoms with van der Waals surface area (Å²) in [6.07, 6.45) is 6.31. The van der Waals surface area contributed by atoms with Crippen LogP contribution in [0, 0.1) is 11.3 Å². The maximum absolute atomic E-state index is 8.97. The molecule has 0 amide bonds. The average molecular weight is 266 g/mol. The first-order valence-corrected chi connectivity index (χ1v) is 7.06. The summed E-state index contributed by atoms with van der Waals surface area (Å²) < 4.78 is 2.20. The van der Waals surface area contributed by atoms with E-state index in [2.05, 4.69) is 27.0 Å². The molecule has 1 aliphatic rings. The van der Waals surface area contributed by atoms with Crippen molar-refractivity contribution in [3.63, 3.8) is 0 Å². The number of hydrogen-bond acceptors (Lipinski definition) is 3. The summed E-state index contributed by atoms with van der Waals surface area (Å²) in [7, 11) is 0. The number of nitriles is 1. The van der Waals surface area contributed by atoms with Crippen LogP contribution in [0.5, 0.6) is 0 Å². The fourth-order valence-electron chi connectivity index (χ4n) is 2.84. The largest absolute Gasteiger partial charge is 0.330 e. The molecule has 0 aliphatic carbocycles. The highest BCUT2D eigenvalue weighted by atomic mass is 15.1. The van der Waals surface area contributed by atoms with Gasteiger partial charge in [0.1, 0.15) is 0 Å². The number of aromatic nitrogens is 2. The second-order valence-corrected chi connectivity index (χ2v) is 5.30. The fourth-order valence-corrected chi connectivity index (χ4v) is 2.84. The zero-order valence-electron chi connectivity index (χ0n) is 11.4. The van der Waals surface area contributed by atoms with Crippen molar-refractivity contribution in [1.29, 1.82) is 5.26 Å². The molecule has 102 valence electrons. The molecule has 1 unspecified atom stereocenters. The van der Waals surface area contributed by atoms with E-state index in [1.54, 1.807) is 0 Å². The van der Waals surface area contributed by atoms with Crippen LogP contribution < -0.4 is 5.32 Å². The van der Waals surface area contributed by atoms with Crippen LogP contribution in [0.4, 0.5) is 0 Å². The van der Waals surface area contributed by atoms with E-state index in [1.165, 1.54) is 18.5 Å². The zero-order chi connectivity index (χ0) is 13.8. The van der Waals surface area contributed by atoms with Gasteiger partial charge in [0.15, 0.2) is 0 Å². The Morgan fingerprint density at radius 3 is 3.20 bits per heavy atom. The van der Waals surface area contributed by atoms with Crippen LogP contribution in [0.3, 0.4) is 0 Å². The number of rotatable bonds is 3. The van der Waals surface area contributed by atoms with E-state index in [0.29, 0.717) is 11.5 Å². The highest BCUT2D eigenvalue weighted by molar-refractivity contribution is 5.33. The molecule has 0 radical (unpaired) electrons. The Hall–Kier alpha value is -2.12. The van der Waals surface area contributed by atoms with Gasteiger partial charge in [-0.05, 0) is 37.1 Å². The topological polar surface area (TPSA) is 53.6 Å². The van der Waals surface area contributed by atoms with Crippen LogP contribution in [0.1, 0.15) is 35.6 Å². The Bertz CT molecular complexity index is 617. The van der Waals surface area contributed by atoms with E-state index in [4.69, 9.17) is 5.26 Å². The molecule has 0 bridgehead atoms. The number of benzene rings is 1. The van der Waals surface area contributed by atoms with Gasteiger partial charge in [0.2, 0.25) is 0 Å². The Labute approximate surface area is 119 Å². The number of imidazole rings is 1. The molecule has 1 aromatic heterocycles. The van der Waals surface area contributed by atoms with Crippen molar-refractivity contribution in [1.82, 2.24) is 14.9 Å². The third kappa shape index (κ3) is 2.73. The Morgan fingerprint density at radius 1 is 1.45 bits per heavy atom. The minimum atomic E-state index is 0.547. The van der Waals surface area contributed by atoms with Crippen molar-refractivity contribution in [2.24, 2.45) is 0 Å². The average Bonchev–Trinajstić information content (AvgIpc) is 2.96. The van der Waals surface area contributed by atoms with Crippen molar-refractivity contribution >= 4 is 0 Å². The van der Waals surface area contributed by atoms with E-state index >= 15 is 0 Å². The maximum Gasteiger partial charge on any atom is 0.0991 e. The van der Waals surface area contributed by atoms with E-state index < -0.39 is 0 Å². The Balaban J connectivity index is 1.80. The summed E-state index contributed by atoms with van der Waals surface area (Å²) in [5.41, 5.74) is 3.15. The van der Waals surface area contributed by atoms with Crippen LogP contribution in [-0.2, 0) is 6.54 Å². The summed E-state index contributed by atoms with van der Waals surface area (Å²) in [4.78, 5) is 4.31. The van der Waals surface area contributed by atoms with Crippen LogP contribution in [-0.4, -0.2) is 22.6 Å². The second kappa shape index (κ2) is 5.89. The van der Waals surface area contributed by atoms with Gasteiger partial charge in [-0.1, -0.05) is 12.1 Å². The predicted octanol–water partition coefficient (Wildman–Crippen LogP) is 2.27. The SMILES string of the molecule is N#Cc1cccc(Cn2cncc2C2CCCNC2)c1. The molecule has 1 N–H and O–H groups in total. The van der Waals surface area contributed by atoms with E-state index in [9.17, 15) is 0 Å². The van der Waals surface area contributed by atoms with Crippen molar-refractivity contribution in [3.8, 4) is 6.07 Å². The predicted molar refractivity (Wildman–Crippen MR) is 77.3 cm³/mol. The third-order valence-corrected chi connectivity index (χ3v) is 3.87. The lowest BCUT2D eigenvalue weighted by atomic mass is 9.96. The zero-order valence-corrected chi connectivity index (χ0v) is 11.4. The van der Waals surface area contributed by atoms with Crippen LogP contribution >= 0.6 is 0 Å². The van der Waals surface area contributed by atoms with Gasteiger partial charge in [0.05, 0.1) is 18.0 Å². The summed E-state index contributed by atoms with van der Waals surface area (Å²) >= 11 is 0. The smallest absolute Gasteiger partial charge is 0.0991 e. The van der Waals surface area contributed by atoms with Crippen LogP contribution in [0.2, 0.25) is 0 Å². The van der Waals surface area contributed by atoms with Crippen molar-refractivity contribution in [2.75, 3.05) is 13.1 Å².